The number of rotatable bonds is 8. The van der Waals surface area contributed by atoms with Gasteiger partial charge in [-0.25, -0.2) is 4.39 Å². The van der Waals surface area contributed by atoms with Crippen molar-refractivity contribution < 1.29 is 23.6 Å². The fraction of sp³-hybridized carbons (Fsp3) is 0.429. The summed E-state index contributed by atoms with van der Waals surface area (Å²) >= 11 is 0. The molecule has 9 heteroatoms. The maximum absolute atomic E-state index is 13.8. The Balaban J connectivity index is 1.57. The third kappa shape index (κ3) is 5.03. The minimum Gasteiger partial charge on any atom is -0.356 e. The summed E-state index contributed by atoms with van der Waals surface area (Å²) in [5.74, 6) is -2.17. The third-order valence-corrected chi connectivity index (χ3v) is 5.25. The molecule has 1 aromatic heterocycles. The summed E-state index contributed by atoms with van der Waals surface area (Å²) in [4.78, 5) is 51.5. The first-order valence-electron chi connectivity index (χ1n) is 10.0. The maximum Gasteiger partial charge on any atom is 0.268 e. The lowest BCUT2D eigenvalue weighted by molar-refractivity contribution is -0.130. The number of nitrogens with one attached hydrogen (secondary N) is 4. The van der Waals surface area contributed by atoms with E-state index in [9.17, 15) is 23.6 Å². The van der Waals surface area contributed by atoms with E-state index in [-0.39, 0.29) is 48.2 Å². The van der Waals surface area contributed by atoms with Gasteiger partial charge >= 0.3 is 0 Å². The number of halogens is 1. The van der Waals surface area contributed by atoms with Gasteiger partial charge in [-0.15, -0.1) is 0 Å². The number of benzene rings is 1. The Labute approximate surface area is 173 Å². The molecule has 1 aromatic carbocycles. The fourth-order valence-corrected chi connectivity index (χ4v) is 3.60. The number of amides is 3. The first-order chi connectivity index (χ1) is 14.4. The Bertz CT molecular complexity index is 971. The van der Waals surface area contributed by atoms with Crippen molar-refractivity contribution >= 4 is 34.4 Å². The number of hydrogen-bond acceptors (Lipinski definition) is 4. The number of aromatic nitrogens is 1. The van der Waals surface area contributed by atoms with Crippen LogP contribution in [0.2, 0.25) is 0 Å². The van der Waals surface area contributed by atoms with E-state index < -0.39 is 23.7 Å². The molecular weight excluding hydrogens is 391 g/mol. The van der Waals surface area contributed by atoms with Gasteiger partial charge in [-0.3, -0.25) is 19.2 Å². The third-order valence-electron chi connectivity index (χ3n) is 5.25. The van der Waals surface area contributed by atoms with Crippen LogP contribution in [-0.4, -0.2) is 47.6 Å². The van der Waals surface area contributed by atoms with Gasteiger partial charge in [-0.1, -0.05) is 19.1 Å². The highest BCUT2D eigenvalue weighted by Gasteiger charge is 2.29. The van der Waals surface area contributed by atoms with E-state index in [4.69, 9.17) is 0 Å². The molecule has 30 heavy (non-hydrogen) atoms. The van der Waals surface area contributed by atoms with E-state index in [0.29, 0.717) is 18.4 Å². The van der Waals surface area contributed by atoms with Crippen LogP contribution < -0.4 is 16.0 Å². The smallest absolute Gasteiger partial charge is 0.268 e. The van der Waals surface area contributed by atoms with Gasteiger partial charge in [0.05, 0.1) is 18.1 Å². The van der Waals surface area contributed by atoms with Crippen molar-refractivity contribution in [2.45, 2.75) is 38.6 Å². The molecule has 2 aromatic rings. The highest BCUT2D eigenvalue weighted by molar-refractivity contribution is 6.00. The lowest BCUT2D eigenvalue weighted by Gasteiger charge is -2.26. The van der Waals surface area contributed by atoms with Crippen molar-refractivity contribution in [2.75, 3.05) is 13.1 Å². The van der Waals surface area contributed by atoms with Crippen molar-refractivity contribution in [2.24, 2.45) is 5.92 Å². The predicted octanol–water partition coefficient (Wildman–Crippen LogP) is 1.42. The summed E-state index contributed by atoms with van der Waals surface area (Å²) in [6, 6.07) is 5.21. The Morgan fingerprint density at radius 3 is 2.80 bits per heavy atom. The second-order valence-electron chi connectivity index (χ2n) is 7.38. The molecule has 4 N–H and O–H groups in total. The Morgan fingerprint density at radius 2 is 2.10 bits per heavy atom. The molecule has 8 nitrogen and oxygen atoms in total. The van der Waals surface area contributed by atoms with E-state index in [1.54, 1.807) is 13.0 Å². The van der Waals surface area contributed by atoms with E-state index in [2.05, 4.69) is 20.9 Å². The molecule has 1 unspecified atom stereocenters. The molecule has 1 saturated heterocycles. The summed E-state index contributed by atoms with van der Waals surface area (Å²) < 4.78 is 13.8. The fourth-order valence-electron chi connectivity index (χ4n) is 3.60. The SMILES string of the molecule is CCC(=O)[C@H](CC1CCCNC1=O)NC(=O)CNC(=O)c1cc2cccc(F)c2[nH]1. The Morgan fingerprint density at radius 1 is 1.30 bits per heavy atom. The van der Waals surface area contributed by atoms with Gasteiger partial charge in [0.1, 0.15) is 11.5 Å². The van der Waals surface area contributed by atoms with Crippen LogP contribution in [-0.2, 0) is 14.4 Å². The second kappa shape index (κ2) is 9.51. The molecule has 0 bridgehead atoms. The molecule has 1 fully saturated rings. The summed E-state index contributed by atoms with van der Waals surface area (Å²) in [7, 11) is 0. The monoisotopic (exact) mass is 416 g/mol. The molecule has 3 amide bonds. The van der Waals surface area contributed by atoms with Gasteiger partial charge in [0.25, 0.3) is 5.91 Å². The lowest BCUT2D eigenvalue weighted by atomic mass is 9.89. The van der Waals surface area contributed by atoms with Crippen LogP contribution in [0.3, 0.4) is 0 Å². The zero-order valence-electron chi connectivity index (χ0n) is 16.7. The standard InChI is InChI=1S/C21H25FN4O4/c1-2-17(27)15(10-13-6-4-8-23-20(13)29)25-18(28)11-24-21(30)16-9-12-5-3-7-14(22)19(12)26-16/h3,5,7,9,13,15,26H,2,4,6,8,10-11H2,1H3,(H,23,29)(H,24,30)(H,25,28)/t13?,15-/m0/s1. The number of aromatic amines is 1. The molecule has 2 heterocycles. The molecule has 3 rings (SSSR count). The van der Waals surface area contributed by atoms with Crippen molar-refractivity contribution in [1.29, 1.82) is 0 Å². The van der Waals surface area contributed by atoms with Crippen molar-refractivity contribution in [1.82, 2.24) is 20.9 Å². The van der Waals surface area contributed by atoms with Crippen LogP contribution in [0.25, 0.3) is 10.9 Å². The largest absolute Gasteiger partial charge is 0.356 e. The van der Waals surface area contributed by atoms with Gasteiger partial charge in [-0.2, -0.15) is 0 Å². The van der Waals surface area contributed by atoms with Gasteiger partial charge in [0.15, 0.2) is 5.78 Å². The molecule has 0 saturated carbocycles. The van der Waals surface area contributed by atoms with Crippen LogP contribution in [0.5, 0.6) is 0 Å². The average molecular weight is 416 g/mol. The molecule has 0 spiro atoms. The van der Waals surface area contributed by atoms with Gasteiger partial charge < -0.3 is 20.9 Å². The normalized spacial score (nSPS) is 17.3. The summed E-state index contributed by atoms with van der Waals surface area (Å²) in [5.41, 5.74) is 0.342. The summed E-state index contributed by atoms with van der Waals surface area (Å²) in [6.45, 7) is 1.97. The number of para-hydroxylation sites is 1. The molecule has 160 valence electrons. The first-order valence-corrected chi connectivity index (χ1v) is 10.0. The predicted molar refractivity (Wildman–Crippen MR) is 108 cm³/mol. The van der Waals surface area contributed by atoms with Crippen LogP contribution in [0.1, 0.15) is 43.1 Å². The zero-order chi connectivity index (χ0) is 21.7. The average Bonchev–Trinajstić information content (AvgIpc) is 3.18. The van der Waals surface area contributed by atoms with E-state index >= 15 is 0 Å². The highest BCUT2D eigenvalue weighted by atomic mass is 19.1. The molecule has 0 radical (unpaired) electrons. The number of fused-ring (bicyclic) bond motifs is 1. The van der Waals surface area contributed by atoms with Crippen molar-refractivity contribution in [3.05, 3.63) is 35.8 Å². The van der Waals surface area contributed by atoms with Gasteiger partial charge in [0.2, 0.25) is 11.8 Å². The van der Waals surface area contributed by atoms with Crippen molar-refractivity contribution in [3.63, 3.8) is 0 Å². The number of piperidine rings is 1. The van der Waals surface area contributed by atoms with E-state index in [1.807, 2.05) is 0 Å². The number of hydrogen-bond donors (Lipinski definition) is 4. The van der Waals surface area contributed by atoms with E-state index in [1.165, 1.54) is 18.2 Å². The quantitative estimate of drug-likeness (QED) is 0.520. The first kappa shape index (κ1) is 21.5. The van der Waals surface area contributed by atoms with Gasteiger partial charge in [0, 0.05) is 24.3 Å². The minimum atomic E-state index is -0.782. The number of H-pyrrole nitrogens is 1. The Kier molecular flexibility index (Phi) is 6.81. The minimum absolute atomic E-state index is 0.108. The number of carbonyl (C=O) groups is 4. The van der Waals surface area contributed by atoms with Crippen molar-refractivity contribution in [3.8, 4) is 0 Å². The highest BCUT2D eigenvalue weighted by Crippen LogP contribution is 2.19. The molecule has 1 aliphatic rings. The van der Waals surface area contributed by atoms with Crippen LogP contribution >= 0.6 is 0 Å². The summed E-state index contributed by atoms with van der Waals surface area (Å²) in [5, 5.41) is 8.40. The number of carbonyl (C=O) groups excluding carboxylic acids is 4. The number of Topliss-reactive ketones (excluding diaryl/α,β-unsaturated/α-hetero) is 1. The topological polar surface area (TPSA) is 120 Å². The lowest BCUT2D eigenvalue weighted by Crippen LogP contribution is -2.48. The van der Waals surface area contributed by atoms with Crippen LogP contribution in [0, 0.1) is 11.7 Å². The van der Waals surface area contributed by atoms with Crippen LogP contribution in [0.15, 0.2) is 24.3 Å². The molecular formula is C21H25FN4O4. The maximum atomic E-state index is 13.8. The Hall–Kier alpha value is -3.23. The van der Waals surface area contributed by atoms with Gasteiger partial charge in [-0.05, 0) is 31.4 Å². The molecule has 1 aliphatic heterocycles. The zero-order valence-corrected chi connectivity index (χ0v) is 16.7. The van der Waals surface area contributed by atoms with Crippen LogP contribution in [0.4, 0.5) is 4.39 Å². The van der Waals surface area contributed by atoms with E-state index in [0.717, 1.165) is 6.42 Å². The number of ketones is 1. The molecule has 2 atom stereocenters. The summed E-state index contributed by atoms with van der Waals surface area (Å²) in [6.07, 6.45) is 1.97. The second-order valence-corrected chi connectivity index (χ2v) is 7.38. The molecule has 0 aliphatic carbocycles.